The summed E-state index contributed by atoms with van der Waals surface area (Å²) in [7, 11) is 4.63. The van der Waals surface area contributed by atoms with Crippen LogP contribution in [0.25, 0.3) is 0 Å². The molecule has 230 valence electrons. The Kier molecular flexibility index (Phi) is 9.62. The molecule has 0 bridgehead atoms. The Labute approximate surface area is 249 Å². The van der Waals surface area contributed by atoms with Gasteiger partial charge in [0.2, 0.25) is 0 Å². The summed E-state index contributed by atoms with van der Waals surface area (Å²) < 4.78 is 47.8. The van der Waals surface area contributed by atoms with E-state index in [1.807, 2.05) is 6.07 Å². The Balaban J connectivity index is 1.33. The zero-order chi connectivity index (χ0) is 30.8. The summed E-state index contributed by atoms with van der Waals surface area (Å²) in [6, 6.07) is 7.29. The molecule has 3 heterocycles. The van der Waals surface area contributed by atoms with Gasteiger partial charge in [0.25, 0.3) is 17.4 Å². The van der Waals surface area contributed by atoms with Gasteiger partial charge >= 0.3 is 6.18 Å². The molecule has 0 spiro atoms. The molecule has 1 aromatic carbocycles. The number of rotatable bonds is 7. The van der Waals surface area contributed by atoms with E-state index in [4.69, 9.17) is 16.3 Å². The third-order valence-corrected chi connectivity index (χ3v) is 8.69. The number of piperidine rings is 2. The number of hydrogen-bond donors (Lipinski definition) is 1. The topological polar surface area (TPSA) is 86.2 Å². The highest BCUT2D eigenvalue weighted by atomic mass is 35.5. The van der Waals surface area contributed by atoms with E-state index in [0.29, 0.717) is 29.9 Å². The molecule has 2 saturated heterocycles. The van der Waals surface area contributed by atoms with Gasteiger partial charge in [-0.3, -0.25) is 9.59 Å². The van der Waals surface area contributed by atoms with Crippen LogP contribution in [0.15, 0.2) is 30.3 Å². The Hall–Kier alpha value is -3.05. The summed E-state index contributed by atoms with van der Waals surface area (Å²) in [4.78, 5) is 34.6. The fourth-order valence-corrected chi connectivity index (χ4v) is 6.18. The zero-order valence-electron chi connectivity index (χ0n) is 24.4. The van der Waals surface area contributed by atoms with Crippen LogP contribution in [-0.4, -0.2) is 85.3 Å². The molecule has 2 amide bonds. The fraction of sp³-hybridized carbons (Fsp3) is 0.567. The molecule has 8 nitrogen and oxygen atoms in total. The average Bonchev–Trinajstić information content (AvgIpc) is 2.95. The number of aryl methyl sites for hydroxylation is 1. The van der Waals surface area contributed by atoms with Crippen LogP contribution in [0.3, 0.4) is 0 Å². The number of aliphatic hydroxyl groups is 1. The van der Waals surface area contributed by atoms with Crippen molar-refractivity contribution in [3.8, 4) is 5.75 Å². The van der Waals surface area contributed by atoms with Crippen molar-refractivity contribution in [2.45, 2.75) is 50.8 Å². The number of aromatic nitrogens is 1. The maximum absolute atomic E-state index is 14.2. The highest BCUT2D eigenvalue weighted by molar-refractivity contribution is 6.32. The molecule has 1 atom stereocenters. The summed E-state index contributed by atoms with van der Waals surface area (Å²) in [6.45, 7) is 3.46. The summed E-state index contributed by atoms with van der Waals surface area (Å²) >= 11 is 6.29. The number of halogens is 4. The monoisotopic (exact) mass is 610 g/mol. The Bertz CT molecular complexity index is 1290. The number of carbonyl (C=O) groups is 2. The lowest BCUT2D eigenvalue weighted by molar-refractivity contribution is -0.262. The SMILES string of the molecule is COc1cc(C)cc(C(O)(C(=O)N2CCC(CC3CCN(c4ccc(C(=O)N(C)C)c(Cl)n4)CC3)CC2)C(F)(F)F)c1. The molecule has 4 rings (SSSR count). The van der Waals surface area contributed by atoms with E-state index in [1.54, 1.807) is 27.1 Å². The summed E-state index contributed by atoms with van der Waals surface area (Å²) in [5, 5.41) is 11.1. The minimum atomic E-state index is -5.20. The predicted molar refractivity (Wildman–Crippen MR) is 154 cm³/mol. The quantitative estimate of drug-likeness (QED) is 0.442. The number of anilines is 1. The molecule has 12 heteroatoms. The maximum Gasteiger partial charge on any atom is 0.430 e. The van der Waals surface area contributed by atoms with Gasteiger partial charge in [-0.2, -0.15) is 13.2 Å². The van der Waals surface area contributed by atoms with Crippen molar-refractivity contribution >= 4 is 29.2 Å². The fourth-order valence-electron chi connectivity index (χ4n) is 5.95. The molecule has 0 saturated carbocycles. The number of carbonyl (C=O) groups excluding carboxylic acids is 2. The molecular weight excluding hydrogens is 573 g/mol. The van der Waals surface area contributed by atoms with Crippen LogP contribution in [0.5, 0.6) is 5.75 Å². The van der Waals surface area contributed by atoms with Gasteiger partial charge in [-0.15, -0.1) is 0 Å². The number of alkyl halides is 3. The van der Waals surface area contributed by atoms with Crippen LogP contribution in [0.1, 0.15) is 53.6 Å². The molecule has 2 aromatic rings. The number of benzene rings is 1. The summed E-state index contributed by atoms with van der Waals surface area (Å²) in [5.74, 6) is 0.0466. The highest BCUT2D eigenvalue weighted by Gasteiger charge is 2.62. The number of nitrogens with zero attached hydrogens (tertiary/aromatic N) is 4. The predicted octanol–water partition coefficient (Wildman–Crippen LogP) is 5.05. The highest BCUT2D eigenvalue weighted by Crippen LogP contribution is 2.43. The first-order valence-corrected chi connectivity index (χ1v) is 14.5. The molecule has 2 fully saturated rings. The minimum absolute atomic E-state index is 0.139. The molecule has 2 aliphatic heterocycles. The van der Waals surface area contributed by atoms with E-state index in [9.17, 15) is 27.9 Å². The van der Waals surface area contributed by atoms with Crippen molar-refractivity contribution in [2.75, 3.05) is 52.3 Å². The smallest absolute Gasteiger partial charge is 0.430 e. The van der Waals surface area contributed by atoms with Crippen LogP contribution >= 0.6 is 11.6 Å². The van der Waals surface area contributed by atoms with Gasteiger partial charge in [0.15, 0.2) is 0 Å². The van der Waals surface area contributed by atoms with Gasteiger partial charge in [0.05, 0.1) is 12.7 Å². The van der Waals surface area contributed by atoms with E-state index in [-0.39, 0.29) is 35.8 Å². The lowest BCUT2D eigenvalue weighted by Crippen LogP contribution is -2.57. The van der Waals surface area contributed by atoms with E-state index < -0.39 is 23.2 Å². The van der Waals surface area contributed by atoms with Crippen molar-refractivity contribution in [2.24, 2.45) is 11.8 Å². The van der Waals surface area contributed by atoms with Crippen molar-refractivity contribution in [1.82, 2.24) is 14.8 Å². The minimum Gasteiger partial charge on any atom is -0.497 e. The van der Waals surface area contributed by atoms with Crippen LogP contribution in [0.2, 0.25) is 5.15 Å². The van der Waals surface area contributed by atoms with Crippen molar-refractivity contribution in [3.63, 3.8) is 0 Å². The van der Waals surface area contributed by atoms with Crippen LogP contribution in [0, 0.1) is 18.8 Å². The Morgan fingerprint density at radius 3 is 2.17 bits per heavy atom. The number of methoxy groups -OCH3 is 1. The van der Waals surface area contributed by atoms with Gasteiger partial charge in [-0.05, 0) is 80.7 Å². The molecule has 42 heavy (non-hydrogen) atoms. The third kappa shape index (κ3) is 6.62. The van der Waals surface area contributed by atoms with Gasteiger partial charge in [-0.1, -0.05) is 17.7 Å². The van der Waals surface area contributed by atoms with Gasteiger partial charge in [-0.25, -0.2) is 4.98 Å². The molecule has 1 unspecified atom stereocenters. The van der Waals surface area contributed by atoms with Crippen LogP contribution < -0.4 is 9.64 Å². The first kappa shape index (κ1) is 31.9. The molecule has 2 aliphatic rings. The van der Waals surface area contributed by atoms with Gasteiger partial charge < -0.3 is 24.5 Å². The Morgan fingerprint density at radius 2 is 1.64 bits per heavy atom. The van der Waals surface area contributed by atoms with Crippen molar-refractivity contribution in [1.29, 1.82) is 0 Å². The standard InChI is InChI=1S/C30H38ClF3N4O4/c1-19-15-22(18-23(16-19)42-4)29(41,30(32,33)34)28(40)38-13-9-21(10-14-38)17-20-7-11-37(12-8-20)25-6-5-24(26(31)35-25)27(39)36(2)3/h5-6,15-16,18,20-21,41H,7-14,17H2,1-4H3. The lowest BCUT2D eigenvalue weighted by Gasteiger charge is -2.40. The molecule has 0 aliphatic carbocycles. The van der Waals surface area contributed by atoms with E-state index in [2.05, 4.69) is 9.88 Å². The largest absolute Gasteiger partial charge is 0.497 e. The maximum atomic E-state index is 14.2. The van der Waals surface area contributed by atoms with Crippen molar-refractivity contribution < 1.29 is 32.6 Å². The first-order valence-electron chi connectivity index (χ1n) is 14.1. The van der Waals surface area contributed by atoms with Crippen LogP contribution in [0.4, 0.5) is 19.0 Å². The normalized spacial score (nSPS) is 18.5. The molecule has 0 radical (unpaired) electrons. The van der Waals surface area contributed by atoms with Crippen molar-refractivity contribution in [3.05, 3.63) is 52.2 Å². The van der Waals surface area contributed by atoms with E-state index in [1.165, 1.54) is 24.1 Å². The third-order valence-electron chi connectivity index (χ3n) is 8.40. The summed E-state index contributed by atoms with van der Waals surface area (Å²) in [6.07, 6.45) is -1.25. The van der Waals surface area contributed by atoms with Crippen LogP contribution in [-0.2, 0) is 10.4 Å². The number of pyridine rings is 1. The second-order valence-electron chi connectivity index (χ2n) is 11.6. The van der Waals surface area contributed by atoms with Gasteiger partial charge in [0, 0.05) is 45.8 Å². The second kappa shape index (κ2) is 12.7. The van der Waals surface area contributed by atoms with Gasteiger partial charge in [0.1, 0.15) is 16.7 Å². The zero-order valence-corrected chi connectivity index (χ0v) is 25.1. The lowest BCUT2D eigenvalue weighted by atomic mass is 9.82. The number of likely N-dealkylation sites (tertiary alicyclic amines) is 1. The average molecular weight is 611 g/mol. The molecular formula is C30H38ClF3N4O4. The molecule has 1 aromatic heterocycles. The van der Waals surface area contributed by atoms with E-state index in [0.717, 1.165) is 49.1 Å². The Morgan fingerprint density at radius 1 is 1.05 bits per heavy atom. The second-order valence-corrected chi connectivity index (χ2v) is 11.9. The number of hydrogen-bond acceptors (Lipinski definition) is 6. The molecule has 1 N–H and O–H groups in total. The van der Waals surface area contributed by atoms with E-state index >= 15 is 0 Å². The number of ether oxygens (including phenoxy) is 1. The number of amides is 2. The first-order chi connectivity index (χ1) is 19.7. The summed E-state index contributed by atoms with van der Waals surface area (Å²) in [5.41, 5.74) is -3.39.